The number of nitrogens with zero attached hydrogens (tertiary/aromatic N) is 2. The molecule has 2 unspecified atom stereocenters. The molecule has 0 spiro atoms. The first kappa shape index (κ1) is 20.5. The molecule has 144 valence electrons. The van der Waals surface area contributed by atoms with Gasteiger partial charge in [-0.3, -0.25) is 0 Å². The standard InChI is InChI=1S/C13H19BrFN7O3S/c1-26(16,24)18-6-2-5-17-12-11(21-25-22-12)13(20-23)19-8-3-4-10(15)9(14)7-8/h3-4,7,13,19-20,23H,2,5-6H2,1H3,(H,17,22)(H2,16,18,24). The van der Waals surface area contributed by atoms with E-state index in [1.165, 1.54) is 24.5 Å². The van der Waals surface area contributed by atoms with E-state index in [2.05, 4.69) is 47.1 Å². The first-order valence-electron chi connectivity index (χ1n) is 7.46. The second-order valence-electron chi connectivity index (χ2n) is 5.35. The van der Waals surface area contributed by atoms with E-state index < -0.39 is 21.9 Å². The first-order chi connectivity index (χ1) is 12.3. The molecule has 0 fully saturated rings. The molecule has 0 aliphatic heterocycles. The van der Waals surface area contributed by atoms with Gasteiger partial charge in [-0.25, -0.2) is 22.7 Å². The van der Waals surface area contributed by atoms with Crippen LogP contribution in [0.25, 0.3) is 0 Å². The van der Waals surface area contributed by atoms with Crippen molar-refractivity contribution in [1.29, 1.82) is 4.78 Å². The van der Waals surface area contributed by atoms with Gasteiger partial charge in [0, 0.05) is 25.0 Å². The summed E-state index contributed by atoms with van der Waals surface area (Å²) in [6.07, 6.45) is 1.02. The van der Waals surface area contributed by atoms with Gasteiger partial charge < -0.3 is 15.8 Å². The molecule has 2 aromatic rings. The Kier molecular flexibility index (Phi) is 7.28. The third-order valence-corrected chi connectivity index (χ3v) is 4.53. The van der Waals surface area contributed by atoms with Crippen molar-refractivity contribution in [3.8, 4) is 0 Å². The Bertz CT molecular complexity index is 833. The van der Waals surface area contributed by atoms with Crippen LogP contribution in [-0.2, 0) is 9.92 Å². The highest BCUT2D eigenvalue weighted by Gasteiger charge is 2.21. The summed E-state index contributed by atoms with van der Waals surface area (Å²) < 4.78 is 39.3. The number of hydrogen-bond acceptors (Lipinski definition) is 9. The molecule has 0 aliphatic carbocycles. The van der Waals surface area contributed by atoms with E-state index in [1.54, 1.807) is 0 Å². The Labute approximate surface area is 158 Å². The molecular formula is C13H19BrFN7O3S. The van der Waals surface area contributed by atoms with Crippen LogP contribution < -0.4 is 20.8 Å². The topological polar surface area (TPSA) is 148 Å². The predicted molar refractivity (Wildman–Crippen MR) is 97.6 cm³/mol. The van der Waals surface area contributed by atoms with Crippen LogP contribution in [0.2, 0.25) is 0 Å². The van der Waals surface area contributed by atoms with E-state index in [9.17, 15) is 13.8 Å². The zero-order valence-corrected chi connectivity index (χ0v) is 16.2. The van der Waals surface area contributed by atoms with Gasteiger partial charge >= 0.3 is 0 Å². The molecule has 10 nitrogen and oxygen atoms in total. The fraction of sp³-hybridized carbons (Fsp3) is 0.385. The van der Waals surface area contributed by atoms with Crippen LogP contribution in [0, 0.1) is 10.6 Å². The molecule has 0 saturated heterocycles. The predicted octanol–water partition coefficient (Wildman–Crippen LogP) is 2.04. The Morgan fingerprint density at radius 3 is 2.85 bits per heavy atom. The molecular weight excluding hydrogens is 433 g/mol. The summed E-state index contributed by atoms with van der Waals surface area (Å²) in [4.78, 5) is 0. The fourth-order valence-electron chi connectivity index (χ4n) is 1.98. The quantitative estimate of drug-likeness (QED) is 0.182. The molecule has 0 radical (unpaired) electrons. The number of aromatic nitrogens is 2. The molecule has 6 N–H and O–H groups in total. The van der Waals surface area contributed by atoms with Crippen molar-refractivity contribution in [2.45, 2.75) is 12.6 Å². The van der Waals surface area contributed by atoms with Gasteiger partial charge in [-0.2, -0.15) is 5.48 Å². The number of nitrogens with one attached hydrogen (secondary N) is 5. The van der Waals surface area contributed by atoms with Crippen molar-refractivity contribution in [1.82, 2.24) is 20.5 Å². The second-order valence-corrected chi connectivity index (χ2v) is 8.18. The van der Waals surface area contributed by atoms with Crippen LogP contribution in [0.1, 0.15) is 18.3 Å². The van der Waals surface area contributed by atoms with Crippen molar-refractivity contribution < 1.29 is 18.4 Å². The van der Waals surface area contributed by atoms with E-state index in [0.717, 1.165) is 0 Å². The van der Waals surface area contributed by atoms with Crippen molar-refractivity contribution >= 4 is 37.4 Å². The van der Waals surface area contributed by atoms with Gasteiger partial charge in [0.2, 0.25) is 0 Å². The molecule has 1 heterocycles. The van der Waals surface area contributed by atoms with Crippen molar-refractivity contribution in [3.63, 3.8) is 0 Å². The lowest BCUT2D eigenvalue weighted by molar-refractivity contribution is 0.133. The summed E-state index contributed by atoms with van der Waals surface area (Å²) in [6, 6.07) is 4.28. The average Bonchev–Trinajstić information content (AvgIpc) is 3.03. The van der Waals surface area contributed by atoms with Crippen LogP contribution in [-0.4, -0.2) is 39.1 Å². The third kappa shape index (κ3) is 6.17. The lowest BCUT2D eigenvalue weighted by atomic mass is 10.2. The number of anilines is 2. The Hall–Kier alpha value is -1.80. The van der Waals surface area contributed by atoms with Gasteiger partial charge in [-0.05, 0) is 50.9 Å². The molecule has 0 aliphatic rings. The van der Waals surface area contributed by atoms with Gasteiger partial charge in [0.15, 0.2) is 17.7 Å². The minimum atomic E-state index is -2.73. The monoisotopic (exact) mass is 451 g/mol. The maximum atomic E-state index is 13.3. The zero-order chi connectivity index (χ0) is 19.2. The van der Waals surface area contributed by atoms with Gasteiger partial charge in [-0.15, -0.1) is 0 Å². The molecule has 26 heavy (non-hydrogen) atoms. The minimum Gasteiger partial charge on any atom is -0.365 e. The van der Waals surface area contributed by atoms with Crippen LogP contribution in [0.3, 0.4) is 0 Å². The second kappa shape index (κ2) is 9.23. The van der Waals surface area contributed by atoms with Crippen LogP contribution in [0.5, 0.6) is 0 Å². The summed E-state index contributed by atoms with van der Waals surface area (Å²) >= 11 is 3.09. The highest BCUT2D eigenvalue weighted by atomic mass is 79.9. The molecule has 13 heteroatoms. The molecule has 0 amide bonds. The number of halogens is 2. The van der Waals surface area contributed by atoms with Crippen LogP contribution in [0.4, 0.5) is 15.9 Å². The van der Waals surface area contributed by atoms with Crippen molar-refractivity contribution in [3.05, 3.63) is 34.2 Å². The van der Waals surface area contributed by atoms with E-state index >= 15 is 0 Å². The normalized spacial score (nSPS) is 14.6. The summed E-state index contributed by atoms with van der Waals surface area (Å²) in [5.74, 6) is -0.111. The average molecular weight is 452 g/mol. The molecule has 0 bridgehead atoms. The smallest absolute Gasteiger partial charge is 0.197 e. The Morgan fingerprint density at radius 2 is 2.19 bits per heavy atom. The summed E-state index contributed by atoms with van der Waals surface area (Å²) in [5, 5.41) is 22.8. The maximum Gasteiger partial charge on any atom is 0.197 e. The Morgan fingerprint density at radius 1 is 1.42 bits per heavy atom. The van der Waals surface area contributed by atoms with Crippen LogP contribution >= 0.6 is 15.9 Å². The summed E-state index contributed by atoms with van der Waals surface area (Å²) in [6.45, 7) is 0.833. The number of hydroxylamine groups is 1. The lowest BCUT2D eigenvalue weighted by Gasteiger charge is -2.17. The molecule has 2 atom stereocenters. The highest BCUT2D eigenvalue weighted by Crippen LogP contribution is 2.24. The van der Waals surface area contributed by atoms with E-state index in [0.29, 0.717) is 31.0 Å². The zero-order valence-electron chi connectivity index (χ0n) is 13.8. The summed E-state index contributed by atoms with van der Waals surface area (Å²) in [5.41, 5.74) is 2.84. The molecule has 0 saturated carbocycles. The number of rotatable bonds is 10. The largest absolute Gasteiger partial charge is 0.365 e. The first-order valence-corrected chi connectivity index (χ1v) is 10.2. The molecule has 1 aromatic carbocycles. The molecule has 2 rings (SSSR count). The van der Waals surface area contributed by atoms with Gasteiger partial charge in [0.1, 0.15) is 15.7 Å². The Balaban J connectivity index is 1.96. The SMILES string of the molecule is CS(=N)(=O)NCCCNc1nonc1C(NO)Nc1ccc(F)c(Br)c1. The van der Waals surface area contributed by atoms with E-state index in [4.69, 9.17) is 9.41 Å². The third-order valence-electron chi connectivity index (χ3n) is 3.17. The van der Waals surface area contributed by atoms with Crippen LogP contribution in [0.15, 0.2) is 27.3 Å². The van der Waals surface area contributed by atoms with Gasteiger partial charge in [0.25, 0.3) is 0 Å². The van der Waals surface area contributed by atoms with Crippen molar-refractivity contribution in [2.75, 3.05) is 30.0 Å². The maximum absolute atomic E-state index is 13.3. The highest BCUT2D eigenvalue weighted by molar-refractivity contribution is 9.10. The molecule has 1 aromatic heterocycles. The number of hydrogen-bond donors (Lipinski definition) is 6. The lowest BCUT2D eigenvalue weighted by Crippen LogP contribution is -2.27. The summed E-state index contributed by atoms with van der Waals surface area (Å²) in [7, 11) is -2.73. The minimum absolute atomic E-state index is 0.265. The van der Waals surface area contributed by atoms with E-state index in [-0.39, 0.29) is 10.2 Å². The van der Waals surface area contributed by atoms with E-state index in [1.807, 2.05) is 0 Å². The van der Waals surface area contributed by atoms with Crippen molar-refractivity contribution in [2.24, 2.45) is 0 Å². The van der Waals surface area contributed by atoms with Gasteiger partial charge in [-0.1, -0.05) is 0 Å². The number of benzene rings is 1. The fourth-order valence-corrected chi connectivity index (χ4v) is 2.90. The van der Waals surface area contributed by atoms with Gasteiger partial charge in [0.05, 0.1) is 4.47 Å².